The Morgan fingerprint density at radius 1 is 1.45 bits per heavy atom. The van der Waals surface area contributed by atoms with E-state index in [2.05, 4.69) is 0 Å². The molecule has 1 atom stereocenters. The number of ether oxygens (including phenoxy) is 1. The van der Waals surface area contributed by atoms with E-state index < -0.39 is 11.0 Å². The monoisotopic (exact) mass is 282 g/mol. The number of aliphatic hydroxyl groups excluding tert-OH is 1. The molecular formula is C13H18N2O5. The number of rotatable bonds is 8. The molecule has 0 aliphatic heterocycles. The van der Waals surface area contributed by atoms with Gasteiger partial charge in [-0.05, 0) is 19.2 Å². The third kappa shape index (κ3) is 5.04. The van der Waals surface area contributed by atoms with Gasteiger partial charge >= 0.3 is 0 Å². The van der Waals surface area contributed by atoms with Crippen LogP contribution in [0.3, 0.4) is 0 Å². The summed E-state index contributed by atoms with van der Waals surface area (Å²) in [5.41, 5.74) is 0.356. The van der Waals surface area contributed by atoms with Gasteiger partial charge in [0.2, 0.25) is 0 Å². The highest BCUT2D eigenvalue weighted by molar-refractivity contribution is 5.97. The molecule has 7 nitrogen and oxygen atoms in total. The first-order chi connectivity index (χ1) is 9.43. The Bertz CT molecular complexity index is 460. The summed E-state index contributed by atoms with van der Waals surface area (Å²) in [6, 6.07) is 5.46. The number of carbonyl (C=O) groups is 1. The van der Waals surface area contributed by atoms with E-state index >= 15 is 0 Å². The highest BCUT2D eigenvalue weighted by Crippen LogP contribution is 2.12. The zero-order valence-electron chi connectivity index (χ0n) is 11.5. The molecule has 0 fully saturated rings. The summed E-state index contributed by atoms with van der Waals surface area (Å²) < 4.78 is 4.80. The van der Waals surface area contributed by atoms with E-state index in [1.165, 1.54) is 31.4 Å². The number of nitro benzene ring substituents is 1. The number of non-ortho nitro benzene ring substituents is 1. The second-order valence-electron chi connectivity index (χ2n) is 4.53. The summed E-state index contributed by atoms with van der Waals surface area (Å²) in [7, 11) is 3.20. The lowest BCUT2D eigenvalue weighted by Crippen LogP contribution is -2.35. The van der Waals surface area contributed by atoms with Crippen LogP contribution in [-0.2, 0) is 4.74 Å². The number of ketones is 1. The first kappa shape index (κ1) is 16.2. The number of likely N-dealkylation sites (N-methyl/N-ethyl adjacent to an activating group) is 1. The summed E-state index contributed by atoms with van der Waals surface area (Å²) in [5, 5.41) is 20.1. The quantitative estimate of drug-likeness (QED) is 0.429. The fourth-order valence-electron chi connectivity index (χ4n) is 1.77. The molecular weight excluding hydrogens is 264 g/mol. The van der Waals surface area contributed by atoms with E-state index in [-0.39, 0.29) is 24.6 Å². The van der Waals surface area contributed by atoms with Gasteiger partial charge in [0.1, 0.15) is 0 Å². The Morgan fingerprint density at radius 2 is 2.05 bits per heavy atom. The second-order valence-corrected chi connectivity index (χ2v) is 4.53. The van der Waals surface area contributed by atoms with E-state index in [4.69, 9.17) is 4.74 Å². The molecule has 1 N–H and O–H groups in total. The minimum Gasteiger partial charge on any atom is -0.389 e. The molecule has 0 saturated heterocycles. The SMILES string of the molecule is COCC(O)CN(C)CC(=O)c1ccc([N+](=O)[O-])cc1. The molecule has 1 aromatic rings. The van der Waals surface area contributed by atoms with Crippen LogP contribution >= 0.6 is 0 Å². The highest BCUT2D eigenvalue weighted by atomic mass is 16.6. The molecule has 0 amide bonds. The van der Waals surface area contributed by atoms with Crippen molar-refractivity contribution in [2.75, 3.05) is 33.9 Å². The number of hydrogen-bond donors (Lipinski definition) is 1. The predicted molar refractivity (Wildman–Crippen MR) is 72.8 cm³/mol. The van der Waals surface area contributed by atoms with Crippen LogP contribution < -0.4 is 0 Å². The highest BCUT2D eigenvalue weighted by Gasteiger charge is 2.14. The molecule has 0 spiro atoms. The Balaban J connectivity index is 2.55. The maximum absolute atomic E-state index is 12.0. The summed E-state index contributed by atoms with van der Waals surface area (Å²) in [4.78, 5) is 23.6. The van der Waals surface area contributed by atoms with Crippen LogP contribution in [0.15, 0.2) is 24.3 Å². The van der Waals surface area contributed by atoms with Crippen molar-refractivity contribution < 1.29 is 19.6 Å². The van der Waals surface area contributed by atoms with Gasteiger partial charge in [-0.1, -0.05) is 0 Å². The molecule has 20 heavy (non-hydrogen) atoms. The standard InChI is InChI=1S/C13H18N2O5/c1-14(7-12(16)9-20-2)8-13(17)10-3-5-11(6-4-10)15(18)19/h3-6,12,16H,7-9H2,1-2H3. The van der Waals surface area contributed by atoms with Gasteiger partial charge in [0.25, 0.3) is 5.69 Å². The molecule has 0 aromatic heterocycles. The Labute approximate surface area is 116 Å². The number of carbonyl (C=O) groups excluding carboxylic acids is 1. The lowest BCUT2D eigenvalue weighted by Gasteiger charge is -2.19. The van der Waals surface area contributed by atoms with Crippen molar-refractivity contribution in [2.24, 2.45) is 0 Å². The number of nitrogens with zero attached hydrogens (tertiary/aromatic N) is 2. The van der Waals surface area contributed by atoms with Gasteiger partial charge in [-0.3, -0.25) is 19.8 Å². The summed E-state index contributed by atoms with van der Waals surface area (Å²) in [6.45, 7) is 0.640. The first-order valence-corrected chi connectivity index (χ1v) is 6.07. The Hall–Kier alpha value is -1.83. The normalized spacial score (nSPS) is 12.4. The summed E-state index contributed by atoms with van der Waals surface area (Å²) >= 11 is 0. The lowest BCUT2D eigenvalue weighted by molar-refractivity contribution is -0.384. The topological polar surface area (TPSA) is 92.9 Å². The molecule has 0 radical (unpaired) electrons. The van der Waals surface area contributed by atoms with Crippen molar-refractivity contribution in [3.05, 3.63) is 39.9 Å². The molecule has 1 rings (SSSR count). The predicted octanol–water partition coefficient (Wildman–Crippen LogP) is 0.717. The van der Waals surface area contributed by atoms with Crippen LogP contribution in [0.1, 0.15) is 10.4 Å². The summed E-state index contributed by atoms with van der Waals surface area (Å²) in [5.74, 6) is -0.160. The first-order valence-electron chi connectivity index (χ1n) is 6.07. The molecule has 7 heteroatoms. The molecule has 1 unspecified atom stereocenters. The second kappa shape index (κ2) is 7.68. The van der Waals surface area contributed by atoms with Gasteiger partial charge in [0.15, 0.2) is 5.78 Å². The Kier molecular flexibility index (Phi) is 6.23. The number of methoxy groups -OCH3 is 1. The van der Waals surface area contributed by atoms with Crippen LogP contribution in [0, 0.1) is 10.1 Å². The molecule has 0 aliphatic carbocycles. The van der Waals surface area contributed by atoms with Gasteiger partial charge in [-0.25, -0.2) is 0 Å². The van der Waals surface area contributed by atoms with Crippen molar-refractivity contribution >= 4 is 11.5 Å². The van der Waals surface area contributed by atoms with E-state index in [0.717, 1.165) is 0 Å². The van der Waals surface area contributed by atoms with Gasteiger partial charge < -0.3 is 9.84 Å². The zero-order chi connectivity index (χ0) is 15.1. The molecule has 0 heterocycles. The molecule has 0 bridgehead atoms. The number of benzene rings is 1. The average Bonchev–Trinajstić information content (AvgIpc) is 2.38. The van der Waals surface area contributed by atoms with E-state index in [1.54, 1.807) is 11.9 Å². The van der Waals surface area contributed by atoms with Crippen molar-refractivity contribution in [3.8, 4) is 0 Å². The number of aliphatic hydroxyl groups is 1. The van der Waals surface area contributed by atoms with E-state index in [9.17, 15) is 20.0 Å². The van der Waals surface area contributed by atoms with Crippen LogP contribution in [0.5, 0.6) is 0 Å². The van der Waals surface area contributed by atoms with E-state index in [0.29, 0.717) is 12.1 Å². The van der Waals surface area contributed by atoms with Crippen LogP contribution in [0.2, 0.25) is 0 Å². The molecule has 110 valence electrons. The number of hydrogen-bond acceptors (Lipinski definition) is 6. The van der Waals surface area contributed by atoms with Crippen LogP contribution in [0.4, 0.5) is 5.69 Å². The fourth-order valence-corrected chi connectivity index (χ4v) is 1.77. The number of Topliss-reactive ketones (excluding diaryl/α,β-unsaturated/α-hetero) is 1. The minimum atomic E-state index is -0.658. The smallest absolute Gasteiger partial charge is 0.269 e. The third-order valence-corrected chi connectivity index (χ3v) is 2.70. The molecule has 0 aliphatic rings. The van der Waals surface area contributed by atoms with Crippen LogP contribution in [-0.4, -0.2) is 60.7 Å². The van der Waals surface area contributed by atoms with Crippen molar-refractivity contribution in [2.45, 2.75) is 6.10 Å². The van der Waals surface area contributed by atoms with Gasteiger partial charge in [-0.15, -0.1) is 0 Å². The average molecular weight is 282 g/mol. The third-order valence-electron chi connectivity index (χ3n) is 2.70. The van der Waals surface area contributed by atoms with Gasteiger partial charge in [-0.2, -0.15) is 0 Å². The lowest BCUT2D eigenvalue weighted by atomic mass is 10.1. The Morgan fingerprint density at radius 3 is 2.55 bits per heavy atom. The molecule has 0 saturated carbocycles. The minimum absolute atomic E-state index is 0.0505. The van der Waals surface area contributed by atoms with Gasteiger partial charge in [0.05, 0.1) is 24.2 Å². The van der Waals surface area contributed by atoms with Crippen molar-refractivity contribution in [1.82, 2.24) is 4.90 Å². The van der Waals surface area contributed by atoms with E-state index in [1.807, 2.05) is 0 Å². The van der Waals surface area contributed by atoms with Crippen molar-refractivity contribution in [3.63, 3.8) is 0 Å². The van der Waals surface area contributed by atoms with Crippen LogP contribution in [0.25, 0.3) is 0 Å². The fraction of sp³-hybridized carbons (Fsp3) is 0.462. The largest absolute Gasteiger partial charge is 0.389 e. The summed E-state index contributed by atoms with van der Waals surface area (Å²) in [6.07, 6.45) is -0.658. The molecule has 1 aromatic carbocycles. The van der Waals surface area contributed by atoms with Crippen molar-refractivity contribution in [1.29, 1.82) is 0 Å². The zero-order valence-corrected chi connectivity index (χ0v) is 11.5. The maximum Gasteiger partial charge on any atom is 0.269 e. The maximum atomic E-state index is 12.0. The number of nitro groups is 1. The van der Waals surface area contributed by atoms with Gasteiger partial charge in [0, 0.05) is 31.4 Å².